The van der Waals surface area contributed by atoms with Gasteiger partial charge in [-0.1, -0.05) is 50.2 Å². The van der Waals surface area contributed by atoms with E-state index in [0.29, 0.717) is 19.0 Å². The summed E-state index contributed by atoms with van der Waals surface area (Å²) in [5.41, 5.74) is 3.29. The van der Waals surface area contributed by atoms with Crippen molar-refractivity contribution in [2.75, 3.05) is 6.54 Å². The van der Waals surface area contributed by atoms with E-state index in [1.807, 2.05) is 24.3 Å². The quantitative estimate of drug-likeness (QED) is 0.763. The van der Waals surface area contributed by atoms with Gasteiger partial charge in [-0.05, 0) is 34.7 Å². The average Bonchev–Trinajstić information content (AvgIpc) is 2.49. The third-order valence-electron chi connectivity index (χ3n) is 3.59. The Morgan fingerprint density at radius 3 is 2.05 bits per heavy atom. The molecular formula is C18H23NO2. The lowest BCUT2D eigenvalue weighted by Crippen LogP contribution is -2.21. The van der Waals surface area contributed by atoms with Gasteiger partial charge < -0.3 is 15.5 Å². The zero-order chi connectivity index (χ0) is 15.2. The SMILES string of the molecule is CC(C)c1ccc(C(O)CNCc2ccc(O)cc2)cc1. The lowest BCUT2D eigenvalue weighted by molar-refractivity contribution is 0.174. The standard InChI is InChI=1S/C18H23NO2/c1-13(2)15-5-7-16(8-6-15)18(21)12-19-11-14-3-9-17(20)10-4-14/h3-10,13,18-21H,11-12H2,1-2H3. The number of hydrogen-bond donors (Lipinski definition) is 3. The molecule has 21 heavy (non-hydrogen) atoms. The minimum absolute atomic E-state index is 0.268. The number of rotatable bonds is 6. The third kappa shape index (κ3) is 4.59. The molecule has 2 aromatic rings. The summed E-state index contributed by atoms with van der Waals surface area (Å²) < 4.78 is 0. The maximum atomic E-state index is 10.2. The second kappa shape index (κ2) is 7.25. The number of phenols is 1. The summed E-state index contributed by atoms with van der Waals surface area (Å²) in [6.07, 6.45) is -0.511. The van der Waals surface area contributed by atoms with Crippen LogP contribution in [0.25, 0.3) is 0 Å². The minimum Gasteiger partial charge on any atom is -0.508 e. The Kier molecular flexibility index (Phi) is 5.37. The Balaban J connectivity index is 1.83. The van der Waals surface area contributed by atoms with Gasteiger partial charge in [-0.3, -0.25) is 0 Å². The molecule has 1 atom stereocenters. The van der Waals surface area contributed by atoms with E-state index in [2.05, 4.69) is 31.3 Å². The summed E-state index contributed by atoms with van der Waals surface area (Å²) in [6, 6.07) is 15.2. The molecule has 0 amide bonds. The van der Waals surface area contributed by atoms with Crippen LogP contribution in [0.2, 0.25) is 0 Å². The molecule has 112 valence electrons. The Morgan fingerprint density at radius 2 is 1.48 bits per heavy atom. The fourth-order valence-corrected chi connectivity index (χ4v) is 2.19. The molecule has 0 aliphatic heterocycles. The highest BCUT2D eigenvalue weighted by atomic mass is 16.3. The molecule has 2 rings (SSSR count). The van der Waals surface area contributed by atoms with E-state index in [-0.39, 0.29) is 5.75 Å². The van der Waals surface area contributed by atoms with Crippen molar-refractivity contribution < 1.29 is 10.2 Å². The van der Waals surface area contributed by atoms with Crippen LogP contribution in [0.4, 0.5) is 0 Å². The van der Waals surface area contributed by atoms with Crippen LogP contribution in [-0.2, 0) is 6.54 Å². The van der Waals surface area contributed by atoms with Gasteiger partial charge >= 0.3 is 0 Å². The average molecular weight is 285 g/mol. The largest absolute Gasteiger partial charge is 0.508 e. The predicted molar refractivity (Wildman–Crippen MR) is 85.3 cm³/mol. The van der Waals surface area contributed by atoms with E-state index in [9.17, 15) is 10.2 Å². The molecule has 0 saturated carbocycles. The van der Waals surface area contributed by atoms with Crippen molar-refractivity contribution in [1.82, 2.24) is 5.32 Å². The molecule has 1 unspecified atom stereocenters. The molecular weight excluding hydrogens is 262 g/mol. The van der Waals surface area contributed by atoms with E-state index in [0.717, 1.165) is 11.1 Å². The maximum absolute atomic E-state index is 10.2. The number of aromatic hydroxyl groups is 1. The summed E-state index contributed by atoms with van der Waals surface area (Å²) in [6.45, 7) is 5.48. The van der Waals surface area contributed by atoms with Crippen molar-refractivity contribution >= 4 is 0 Å². The van der Waals surface area contributed by atoms with Gasteiger partial charge in [-0.25, -0.2) is 0 Å². The summed E-state index contributed by atoms with van der Waals surface area (Å²) in [4.78, 5) is 0. The first kappa shape index (κ1) is 15.5. The van der Waals surface area contributed by atoms with Crippen LogP contribution in [0.1, 0.15) is 42.6 Å². The zero-order valence-electron chi connectivity index (χ0n) is 12.6. The fourth-order valence-electron chi connectivity index (χ4n) is 2.19. The Labute approximate surface area is 126 Å². The fraction of sp³-hybridized carbons (Fsp3) is 0.333. The van der Waals surface area contributed by atoms with Gasteiger partial charge in [0.25, 0.3) is 0 Å². The lowest BCUT2D eigenvalue weighted by atomic mass is 10.00. The van der Waals surface area contributed by atoms with Crippen LogP contribution in [0.5, 0.6) is 5.75 Å². The number of aliphatic hydroxyl groups excluding tert-OH is 1. The normalized spacial score (nSPS) is 12.6. The Hall–Kier alpha value is -1.84. The van der Waals surface area contributed by atoms with E-state index >= 15 is 0 Å². The van der Waals surface area contributed by atoms with Crippen LogP contribution in [-0.4, -0.2) is 16.8 Å². The third-order valence-corrected chi connectivity index (χ3v) is 3.59. The molecule has 0 fully saturated rings. The summed E-state index contributed by atoms with van der Waals surface area (Å²) in [5, 5.41) is 22.6. The van der Waals surface area contributed by atoms with Crippen LogP contribution in [0.3, 0.4) is 0 Å². The Bertz CT molecular complexity index is 546. The summed E-state index contributed by atoms with van der Waals surface area (Å²) >= 11 is 0. The molecule has 3 N–H and O–H groups in total. The van der Waals surface area contributed by atoms with Gasteiger partial charge in [0.05, 0.1) is 6.10 Å². The first-order valence-electron chi connectivity index (χ1n) is 7.33. The number of hydrogen-bond acceptors (Lipinski definition) is 3. The zero-order valence-corrected chi connectivity index (χ0v) is 12.6. The van der Waals surface area contributed by atoms with Crippen molar-refractivity contribution in [2.45, 2.75) is 32.4 Å². The number of benzene rings is 2. The highest BCUT2D eigenvalue weighted by Crippen LogP contribution is 2.18. The molecule has 2 aromatic carbocycles. The summed E-state index contributed by atoms with van der Waals surface area (Å²) in [7, 11) is 0. The van der Waals surface area contributed by atoms with Gasteiger partial charge in [0.15, 0.2) is 0 Å². The molecule has 0 heterocycles. The molecule has 3 heteroatoms. The number of aliphatic hydroxyl groups is 1. The van der Waals surface area contributed by atoms with Crippen molar-refractivity contribution in [3.05, 3.63) is 65.2 Å². The van der Waals surface area contributed by atoms with E-state index in [1.54, 1.807) is 12.1 Å². The lowest BCUT2D eigenvalue weighted by Gasteiger charge is -2.14. The summed E-state index contributed by atoms with van der Waals surface area (Å²) in [5.74, 6) is 0.771. The molecule has 0 aromatic heterocycles. The number of phenolic OH excluding ortho intramolecular Hbond substituents is 1. The molecule has 0 saturated heterocycles. The van der Waals surface area contributed by atoms with Crippen LogP contribution in [0.15, 0.2) is 48.5 Å². The first-order valence-corrected chi connectivity index (χ1v) is 7.33. The van der Waals surface area contributed by atoms with E-state index in [1.165, 1.54) is 5.56 Å². The van der Waals surface area contributed by atoms with Crippen LogP contribution >= 0.6 is 0 Å². The van der Waals surface area contributed by atoms with Crippen molar-refractivity contribution in [3.8, 4) is 5.75 Å². The second-order valence-electron chi connectivity index (χ2n) is 5.63. The monoisotopic (exact) mass is 285 g/mol. The first-order chi connectivity index (χ1) is 10.1. The highest BCUT2D eigenvalue weighted by Gasteiger charge is 2.07. The van der Waals surface area contributed by atoms with Gasteiger partial charge in [0.1, 0.15) is 5.75 Å². The second-order valence-corrected chi connectivity index (χ2v) is 5.63. The van der Waals surface area contributed by atoms with Crippen LogP contribution in [0, 0.1) is 0 Å². The van der Waals surface area contributed by atoms with Gasteiger partial charge in [-0.15, -0.1) is 0 Å². The van der Waals surface area contributed by atoms with Crippen molar-refractivity contribution in [3.63, 3.8) is 0 Å². The molecule has 0 aliphatic carbocycles. The minimum atomic E-state index is -0.511. The smallest absolute Gasteiger partial charge is 0.115 e. The maximum Gasteiger partial charge on any atom is 0.115 e. The van der Waals surface area contributed by atoms with E-state index in [4.69, 9.17) is 0 Å². The van der Waals surface area contributed by atoms with Gasteiger partial charge in [0.2, 0.25) is 0 Å². The van der Waals surface area contributed by atoms with E-state index < -0.39 is 6.10 Å². The molecule has 0 aliphatic rings. The highest BCUT2D eigenvalue weighted by molar-refractivity contribution is 5.27. The predicted octanol–water partition coefficient (Wildman–Crippen LogP) is 3.34. The Morgan fingerprint density at radius 1 is 0.905 bits per heavy atom. The number of nitrogens with one attached hydrogen (secondary N) is 1. The molecule has 3 nitrogen and oxygen atoms in total. The van der Waals surface area contributed by atoms with Gasteiger partial charge in [-0.2, -0.15) is 0 Å². The van der Waals surface area contributed by atoms with Crippen LogP contribution < -0.4 is 5.32 Å². The molecule has 0 spiro atoms. The molecule has 0 bridgehead atoms. The van der Waals surface area contributed by atoms with Crippen molar-refractivity contribution in [2.24, 2.45) is 0 Å². The topological polar surface area (TPSA) is 52.5 Å². The molecule has 0 radical (unpaired) electrons. The van der Waals surface area contributed by atoms with Gasteiger partial charge in [0, 0.05) is 13.1 Å². The van der Waals surface area contributed by atoms with Crippen molar-refractivity contribution in [1.29, 1.82) is 0 Å².